The molecule has 0 spiro atoms. The van der Waals surface area contributed by atoms with E-state index in [1.807, 2.05) is 24.8 Å². The topological polar surface area (TPSA) is 69.3 Å². The van der Waals surface area contributed by atoms with Crippen molar-refractivity contribution in [1.29, 1.82) is 0 Å². The fourth-order valence-electron chi connectivity index (χ4n) is 3.85. The zero-order valence-electron chi connectivity index (χ0n) is 14.0. The van der Waals surface area contributed by atoms with Crippen LogP contribution < -0.4 is 0 Å². The quantitative estimate of drug-likeness (QED) is 0.920. The molecule has 2 aliphatic heterocycles. The molecule has 1 aromatic heterocycles. The van der Waals surface area contributed by atoms with Crippen molar-refractivity contribution in [3.8, 4) is 0 Å². The van der Waals surface area contributed by atoms with Crippen LogP contribution in [0.1, 0.15) is 51.1 Å². The zero-order valence-corrected chi connectivity index (χ0v) is 14.0. The summed E-state index contributed by atoms with van der Waals surface area (Å²) in [6, 6.07) is 1.67. The Kier molecular flexibility index (Phi) is 4.68. The van der Waals surface area contributed by atoms with Gasteiger partial charge in [0.2, 0.25) is 11.8 Å². The molecule has 0 aromatic carbocycles. The molecule has 2 unspecified atom stereocenters. The zero-order chi connectivity index (χ0) is 16.4. The lowest BCUT2D eigenvalue weighted by molar-refractivity contribution is -0.146. The van der Waals surface area contributed by atoms with Crippen LogP contribution in [0.15, 0.2) is 12.3 Å². The molecule has 6 nitrogen and oxygen atoms in total. The van der Waals surface area contributed by atoms with Gasteiger partial charge in [-0.05, 0) is 31.2 Å². The van der Waals surface area contributed by atoms with Gasteiger partial charge in [-0.2, -0.15) is 5.10 Å². The Bertz CT molecular complexity index is 555. The third kappa shape index (κ3) is 3.26. The van der Waals surface area contributed by atoms with Gasteiger partial charge < -0.3 is 9.80 Å². The number of likely N-dealkylation sites (tertiary alicyclic amines) is 2. The molecule has 0 saturated carbocycles. The molecule has 2 fully saturated rings. The number of hydrogen-bond donors (Lipinski definition) is 1. The van der Waals surface area contributed by atoms with Crippen LogP contribution in [-0.4, -0.2) is 57.5 Å². The van der Waals surface area contributed by atoms with Crippen molar-refractivity contribution in [2.45, 2.75) is 51.5 Å². The minimum absolute atomic E-state index is 0.111. The maximum Gasteiger partial charge on any atom is 0.245 e. The average Bonchev–Trinajstić information content (AvgIpc) is 3.20. The van der Waals surface area contributed by atoms with Crippen molar-refractivity contribution in [3.05, 3.63) is 18.0 Å². The summed E-state index contributed by atoms with van der Waals surface area (Å²) in [7, 11) is 0. The van der Waals surface area contributed by atoms with Crippen LogP contribution in [0.3, 0.4) is 0 Å². The summed E-state index contributed by atoms with van der Waals surface area (Å²) in [5.41, 5.74) is 1.10. The highest BCUT2D eigenvalue weighted by atomic mass is 16.2. The van der Waals surface area contributed by atoms with Crippen LogP contribution >= 0.6 is 0 Å². The van der Waals surface area contributed by atoms with Gasteiger partial charge in [0.05, 0.1) is 0 Å². The molecule has 3 heterocycles. The maximum atomic E-state index is 13.1. The molecule has 3 rings (SSSR count). The van der Waals surface area contributed by atoms with Crippen LogP contribution in [-0.2, 0) is 9.59 Å². The van der Waals surface area contributed by atoms with Crippen LogP contribution in [0.5, 0.6) is 0 Å². The van der Waals surface area contributed by atoms with Crippen LogP contribution in [0.4, 0.5) is 0 Å². The highest BCUT2D eigenvalue weighted by molar-refractivity contribution is 5.89. The number of nitrogens with zero attached hydrogens (tertiary/aromatic N) is 3. The monoisotopic (exact) mass is 318 g/mol. The van der Waals surface area contributed by atoms with E-state index in [2.05, 4.69) is 10.2 Å². The number of piperidine rings is 1. The summed E-state index contributed by atoms with van der Waals surface area (Å²) in [5.74, 6) is 0.688. The number of rotatable bonds is 4. The van der Waals surface area contributed by atoms with Gasteiger partial charge in [0.15, 0.2) is 0 Å². The van der Waals surface area contributed by atoms with E-state index in [1.165, 1.54) is 0 Å². The smallest absolute Gasteiger partial charge is 0.245 e. The average molecular weight is 318 g/mol. The van der Waals surface area contributed by atoms with Gasteiger partial charge in [-0.15, -0.1) is 0 Å². The van der Waals surface area contributed by atoms with E-state index < -0.39 is 0 Å². The highest BCUT2D eigenvalue weighted by Gasteiger charge is 2.38. The first-order valence-corrected chi connectivity index (χ1v) is 8.65. The lowest BCUT2D eigenvalue weighted by Crippen LogP contribution is -2.53. The lowest BCUT2D eigenvalue weighted by Gasteiger charge is -2.38. The second-order valence-electron chi connectivity index (χ2n) is 7.01. The van der Waals surface area contributed by atoms with Crippen molar-refractivity contribution < 1.29 is 9.59 Å². The van der Waals surface area contributed by atoms with Crippen molar-refractivity contribution in [3.63, 3.8) is 0 Å². The molecule has 1 aromatic rings. The van der Waals surface area contributed by atoms with Gasteiger partial charge in [-0.25, -0.2) is 0 Å². The van der Waals surface area contributed by atoms with Crippen molar-refractivity contribution in [2.75, 3.05) is 19.6 Å². The van der Waals surface area contributed by atoms with Crippen LogP contribution in [0.2, 0.25) is 0 Å². The van der Waals surface area contributed by atoms with E-state index in [0.717, 1.165) is 31.5 Å². The molecule has 2 amide bonds. The Morgan fingerprint density at radius 1 is 1.35 bits per heavy atom. The second kappa shape index (κ2) is 6.72. The molecule has 0 radical (unpaired) electrons. The molecule has 23 heavy (non-hydrogen) atoms. The predicted octanol–water partition coefficient (Wildman–Crippen LogP) is 1.76. The van der Waals surface area contributed by atoms with Gasteiger partial charge in [0.25, 0.3) is 0 Å². The third-order valence-corrected chi connectivity index (χ3v) is 5.03. The van der Waals surface area contributed by atoms with Crippen molar-refractivity contribution in [2.24, 2.45) is 5.92 Å². The molecule has 2 saturated heterocycles. The Morgan fingerprint density at radius 3 is 2.78 bits per heavy atom. The van der Waals surface area contributed by atoms with E-state index >= 15 is 0 Å². The van der Waals surface area contributed by atoms with Gasteiger partial charge in [-0.1, -0.05) is 13.8 Å². The Hall–Kier alpha value is -1.85. The highest BCUT2D eigenvalue weighted by Crippen LogP contribution is 2.28. The number of nitrogens with one attached hydrogen (secondary N) is 1. The normalized spacial score (nSPS) is 23.6. The first-order valence-electron chi connectivity index (χ1n) is 8.65. The maximum absolute atomic E-state index is 13.1. The van der Waals surface area contributed by atoms with Crippen LogP contribution in [0, 0.1) is 5.92 Å². The van der Waals surface area contributed by atoms with Gasteiger partial charge in [-0.3, -0.25) is 14.7 Å². The molecule has 0 aliphatic carbocycles. The van der Waals surface area contributed by atoms with E-state index in [1.54, 1.807) is 11.1 Å². The second-order valence-corrected chi connectivity index (χ2v) is 7.01. The third-order valence-electron chi connectivity index (χ3n) is 5.03. The van der Waals surface area contributed by atoms with Crippen molar-refractivity contribution >= 4 is 11.8 Å². The van der Waals surface area contributed by atoms with E-state index in [4.69, 9.17) is 0 Å². The fourth-order valence-corrected chi connectivity index (χ4v) is 3.85. The number of aromatic amines is 1. The number of aromatic nitrogens is 2. The fraction of sp³-hybridized carbons (Fsp3) is 0.706. The van der Waals surface area contributed by atoms with E-state index in [-0.39, 0.29) is 23.8 Å². The molecule has 2 aliphatic rings. The predicted molar refractivity (Wildman–Crippen MR) is 86.7 cm³/mol. The number of H-pyrrole nitrogens is 1. The van der Waals surface area contributed by atoms with Crippen LogP contribution in [0.25, 0.3) is 0 Å². The molecular formula is C17H26N4O2. The SMILES string of the molecule is CC(C)C(C(=O)N1CCCC(c2ccn[nH]2)C1)N1CCCC1=O. The standard InChI is InChI=1S/C17H26N4O2/c1-12(2)16(21-10-4-6-15(21)22)17(23)20-9-3-5-13(11-20)14-7-8-18-19-14/h7-8,12-13,16H,3-6,9-11H2,1-2H3,(H,18,19). The summed E-state index contributed by atoms with van der Waals surface area (Å²) < 4.78 is 0. The summed E-state index contributed by atoms with van der Waals surface area (Å²) in [6.45, 7) is 6.28. The molecule has 0 bridgehead atoms. The largest absolute Gasteiger partial charge is 0.340 e. The molecule has 126 valence electrons. The van der Waals surface area contributed by atoms with E-state index in [0.29, 0.717) is 25.4 Å². The Morgan fingerprint density at radius 2 is 2.17 bits per heavy atom. The minimum atomic E-state index is -0.314. The number of carbonyl (C=O) groups is 2. The van der Waals surface area contributed by atoms with Gasteiger partial charge in [0, 0.05) is 43.9 Å². The van der Waals surface area contributed by atoms with E-state index in [9.17, 15) is 9.59 Å². The Labute approximate surface area is 137 Å². The molecule has 2 atom stereocenters. The number of amides is 2. The van der Waals surface area contributed by atoms with Crippen molar-refractivity contribution in [1.82, 2.24) is 20.0 Å². The minimum Gasteiger partial charge on any atom is -0.340 e. The first-order chi connectivity index (χ1) is 11.1. The first kappa shape index (κ1) is 16.0. The number of hydrogen-bond acceptors (Lipinski definition) is 3. The summed E-state index contributed by atoms with van der Waals surface area (Å²) in [4.78, 5) is 28.9. The Balaban J connectivity index is 1.73. The number of carbonyl (C=O) groups excluding carboxylic acids is 2. The summed E-state index contributed by atoms with van der Waals surface area (Å²) >= 11 is 0. The molecule has 6 heteroatoms. The summed E-state index contributed by atoms with van der Waals surface area (Å²) in [6.07, 6.45) is 5.27. The van der Waals surface area contributed by atoms with Gasteiger partial charge in [0.1, 0.15) is 6.04 Å². The molecule has 1 N–H and O–H groups in total. The van der Waals surface area contributed by atoms with Gasteiger partial charge >= 0.3 is 0 Å². The molecular weight excluding hydrogens is 292 g/mol. The lowest BCUT2D eigenvalue weighted by atomic mass is 9.93. The summed E-state index contributed by atoms with van der Waals surface area (Å²) in [5, 5.41) is 7.05.